The van der Waals surface area contributed by atoms with Gasteiger partial charge in [0.2, 0.25) is 0 Å². The molecule has 0 radical (unpaired) electrons. The van der Waals surface area contributed by atoms with Gasteiger partial charge in [-0.1, -0.05) is 20.3 Å². The summed E-state index contributed by atoms with van der Waals surface area (Å²) in [5.41, 5.74) is 8.38. The van der Waals surface area contributed by atoms with Gasteiger partial charge in [0.1, 0.15) is 5.82 Å². The Morgan fingerprint density at radius 3 is 2.60 bits per heavy atom. The SMILES string of the molecule is CCCNC(c1c(C)ccnc1N)C(CCC)OCC. The molecule has 1 rings (SSSR count). The van der Waals surface area contributed by atoms with E-state index in [2.05, 4.69) is 31.1 Å². The van der Waals surface area contributed by atoms with Gasteiger partial charge >= 0.3 is 0 Å². The first kappa shape index (κ1) is 16.9. The van der Waals surface area contributed by atoms with Crippen LogP contribution in [0.2, 0.25) is 0 Å². The number of pyridine rings is 1. The predicted octanol–water partition coefficient (Wildman–Crippen LogP) is 3.22. The molecule has 0 aliphatic rings. The molecule has 114 valence electrons. The molecule has 1 aromatic heterocycles. The molecule has 0 saturated heterocycles. The number of nitrogens with two attached hydrogens (primary N) is 1. The van der Waals surface area contributed by atoms with Crippen molar-refractivity contribution in [2.24, 2.45) is 0 Å². The van der Waals surface area contributed by atoms with Crippen molar-refractivity contribution in [3.8, 4) is 0 Å². The number of aryl methyl sites for hydroxylation is 1. The molecule has 0 aromatic carbocycles. The van der Waals surface area contributed by atoms with E-state index in [9.17, 15) is 0 Å². The standard InChI is InChI=1S/C16H29N3O/c1-5-8-13(20-7-3)15(18-10-6-2)14-12(4)9-11-19-16(14)17/h9,11,13,15,18H,5-8,10H2,1-4H3,(H2,17,19). The summed E-state index contributed by atoms with van der Waals surface area (Å²) >= 11 is 0. The summed E-state index contributed by atoms with van der Waals surface area (Å²) < 4.78 is 5.96. The number of nitrogens with zero attached hydrogens (tertiary/aromatic N) is 1. The largest absolute Gasteiger partial charge is 0.383 e. The zero-order chi connectivity index (χ0) is 15.0. The number of hydrogen-bond acceptors (Lipinski definition) is 4. The second kappa shape index (κ2) is 8.93. The van der Waals surface area contributed by atoms with Gasteiger partial charge in [-0.25, -0.2) is 4.98 Å². The summed E-state index contributed by atoms with van der Waals surface area (Å²) in [5, 5.41) is 3.59. The molecule has 0 fully saturated rings. The first-order valence-corrected chi connectivity index (χ1v) is 7.71. The molecule has 1 heterocycles. The lowest BCUT2D eigenvalue weighted by molar-refractivity contribution is 0.0276. The van der Waals surface area contributed by atoms with E-state index in [4.69, 9.17) is 10.5 Å². The number of anilines is 1. The highest BCUT2D eigenvalue weighted by Crippen LogP contribution is 2.29. The number of hydrogen-bond donors (Lipinski definition) is 2. The molecular weight excluding hydrogens is 250 g/mol. The van der Waals surface area contributed by atoms with Crippen molar-refractivity contribution in [3.05, 3.63) is 23.4 Å². The van der Waals surface area contributed by atoms with Crippen molar-refractivity contribution in [2.45, 2.75) is 59.1 Å². The highest BCUT2D eigenvalue weighted by atomic mass is 16.5. The van der Waals surface area contributed by atoms with Crippen molar-refractivity contribution in [1.29, 1.82) is 0 Å². The maximum absolute atomic E-state index is 6.12. The average molecular weight is 279 g/mol. The van der Waals surface area contributed by atoms with Crippen LogP contribution in [0.3, 0.4) is 0 Å². The Bertz CT molecular complexity index is 369. The number of ether oxygens (including phenoxy) is 1. The topological polar surface area (TPSA) is 60.2 Å². The second-order valence-corrected chi connectivity index (χ2v) is 5.14. The van der Waals surface area contributed by atoms with E-state index in [1.807, 2.05) is 13.0 Å². The summed E-state index contributed by atoms with van der Waals surface area (Å²) in [7, 11) is 0. The van der Waals surface area contributed by atoms with E-state index in [1.165, 1.54) is 5.56 Å². The summed E-state index contributed by atoms with van der Waals surface area (Å²) in [4.78, 5) is 4.25. The van der Waals surface area contributed by atoms with Gasteiger partial charge < -0.3 is 15.8 Å². The Kier molecular flexibility index (Phi) is 7.55. The maximum atomic E-state index is 6.12. The molecule has 0 spiro atoms. The van der Waals surface area contributed by atoms with Crippen LogP contribution in [0.15, 0.2) is 12.3 Å². The van der Waals surface area contributed by atoms with Crippen molar-refractivity contribution in [1.82, 2.24) is 10.3 Å². The van der Waals surface area contributed by atoms with E-state index in [0.29, 0.717) is 12.4 Å². The van der Waals surface area contributed by atoms with Crippen LogP contribution in [0.25, 0.3) is 0 Å². The molecule has 1 aromatic rings. The van der Waals surface area contributed by atoms with E-state index in [-0.39, 0.29) is 12.1 Å². The molecule has 2 atom stereocenters. The minimum Gasteiger partial charge on any atom is -0.383 e. The molecular formula is C16H29N3O. The average Bonchev–Trinajstić information content (AvgIpc) is 2.42. The number of rotatable bonds is 9. The molecule has 4 heteroatoms. The lowest BCUT2D eigenvalue weighted by Crippen LogP contribution is -2.35. The van der Waals surface area contributed by atoms with E-state index in [1.54, 1.807) is 6.20 Å². The smallest absolute Gasteiger partial charge is 0.128 e. The monoisotopic (exact) mass is 279 g/mol. The first-order valence-electron chi connectivity index (χ1n) is 7.71. The molecule has 0 amide bonds. The summed E-state index contributed by atoms with van der Waals surface area (Å²) in [5.74, 6) is 0.611. The van der Waals surface area contributed by atoms with Crippen molar-refractivity contribution in [3.63, 3.8) is 0 Å². The molecule has 4 nitrogen and oxygen atoms in total. The molecule has 20 heavy (non-hydrogen) atoms. The molecule has 3 N–H and O–H groups in total. The lowest BCUT2D eigenvalue weighted by Gasteiger charge is -2.30. The van der Waals surface area contributed by atoms with Crippen LogP contribution in [-0.4, -0.2) is 24.2 Å². The normalized spacial score (nSPS) is 14.2. The van der Waals surface area contributed by atoms with E-state index >= 15 is 0 Å². The third-order valence-corrected chi connectivity index (χ3v) is 3.49. The van der Waals surface area contributed by atoms with Gasteiger partial charge in [0, 0.05) is 18.4 Å². The Morgan fingerprint density at radius 1 is 1.30 bits per heavy atom. The quantitative estimate of drug-likeness (QED) is 0.728. The third-order valence-electron chi connectivity index (χ3n) is 3.49. The fraction of sp³-hybridized carbons (Fsp3) is 0.688. The number of aromatic nitrogens is 1. The van der Waals surface area contributed by atoms with Crippen LogP contribution in [0.4, 0.5) is 5.82 Å². The van der Waals surface area contributed by atoms with E-state index in [0.717, 1.165) is 31.4 Å². The van der Waals surface area contributed by atoms with Gasteiger partial charge in [0.15, 0.2) is 0 Å². The van der Waals surface area contributed by atoms with Gasteiger partial charge in [-0.2, -0.15) is 0 Å². The second-order valence-electron chi connectivity index (χ2n) is 5.14. The highest BCUT2D eigenvalue weighted by Gasteiger charge is 2.26. The van der Waals surface area contributed by atoms with Crippen LogP contribution >= 0.6 is 0 Å². The van der Waals surface area contributed by atoms with Crippen LogP contribution < -0.4 is 11.1 Å². The Labute approximate surface area is 123 Å². The fourth-order valence-corrected chi connectivity index (χ4v) is 2.56. The number of nitrogen functional groups attached to an aromatic ring is 1. The summed E-state index contributed by atoms with van der Waals surface area (Å²) in [6.07, 6.45) is 5.10. The number of nitrogens with one attached hydrogen (secondary N) is 1. The van der Waals surface area contributed by atoms with E-state index < -0.39 is 0 Å². The first-order chi connectivity index (χ1) is 9.65. The maximum Gasteiger partial charge on any atom is 0.128 e. The lowest BCUT2D eigenvalue weighted by atomic mass is 9.95. The van der Waals surface area contributed by atoms with Gasteiger partial charge in [0.25, 0.3) is 0 Å². The molecule has 2 unspecified atom stereocenters. The fourth-order valence-electron chi connectivity index (χ4n) is 2.56. The van der Waals surface area contributed by atoms with Crippen LogP contribution in [-0.2, 0) is 4.74 Å². The Hall–Kier alpha value is -1.13. The predicted molar refractivity (Wildman–Crippen MR) is 84.7 cm³/mol. The van der Waals surface area contributed by atoms with Crippen LogP contribution in [0.5, 0.6) is 0 Å². The molecule has 0 aliphatic carbocycles. The molecule has 0 saturated carbocycles. The third kappa shape index (κ3) is 4.46. The molecule has 0 aliphatic heterocycles. The summed E-state index contributed by atoms with van der Waals surface area (Å²) in [6.45, 7) is 10.1. The highest BCUT2D eigenvalue weighted by molar-refractivity contribution is 5.46. The van der Waals surface area contributed by atoms with Crippen LogP contribution in [0, 0.1) is 6.92 Å². The van der Waals surface area contributed by atoms with Gasteiger partial charge in [0.05, 0.1) is 12.1 Å². The Morgan fingerprint density at radius 2 is 2.05 bits per heavy atom. The van der Waals surface area contributed by atoms with Gasteiger partial charge in [-0.05, 0) is 44.9 Å². The minimum absolute atomic E-state index is 0.114. The van der Waals surface area contributed by atoms with Gasteiger partial charge in [-0.3, -0.25) is 0 Å². The minimum atomic E-state index is 0.114. The van der Waals surface area contributed by atoms with Crippen molar-refractivity contribution >= 4 is 5.82 Å². The van der Waals surface area contributed by atoms with Gasteiger partial charge in [-0.15, -0.1) is 0 Å². The van der Waals surface area contributed by atoms with Crippen molar-refractivity contribution in [2.75, 3.05) is 18.9 Å². The molecule has 0 bridgehead atoms. The zero-order valence-corrected chi connectivity index (χ0v) is 13.3. The zero-order valence-electron chi connectivity index (χ0n) is 13.3. The van der Waals surface area contributed by atoms with Crippen LogP contribution in [0.1, 0.15) is 57.2 Å². The summed E-state index contributed by atoms with van der Waals surface area (Å²) in [6, 6.07) is 2.13. The Balaban J connectivity index is 3.08. The van der Waals surface area contributed by atoms with Crippen molar-refractivity contribution < 1.29 is 4.74 Å².